The highest BCUT2D eigenvalue weighted by Gasteiger charge is 2.40. The summed E-state index contributed by atoms with van der Waals surface area (Å²) in [4.78, 5) is 45.9. The quantitative estimate of drug-likeness (QED) is 0.341. The summed E-state index contributed by atoms with van der Waals surface area (Å²) in [6.45, 7) is 10.8. The van der Waals surface area contributed by atoms with Crippen molar-refractivity contribution in [2.24, 2.45) is 0 Å². The van der Waals surface area contributed by atoms with Gasteiger partial charge in [-0.1, -0.05) is 36.4 Å². The first-order valence-electron chi connectivity index (χ1n) is 13.0. The average Bonchev–Trinajstić information content (AvgIpc) is 3.26. The number of anilines is 1. The van der Waals surface area contributed by atoms with Crippen LogP contribution in [0.4, 0.5) is 15.4 Å². The third-order valence-electron chi connectivity index (χ3n) is 5.61. The van der Waals surface area contributed by atoms with Gasteiger partial charge >= 0.3 is 18.2 Å². The molecule has 3 rings (SSSR count). The second-order valence-electron chi connectivity index (χ2n) is 11.4. The normalized spacial score (nSPS) is 17.4. The van der Waals surface area contributed by atoms with Crippen molar-refractivity contribution in [3.05, 3.63) is 60.3 Å². The maximum absolute atomic E-state index is 13.2. The molecule has 0 spiro atoms. The molecule has 212 valence electrons. The topological polar surface area (TPSA) is 108 Å². The molecule has 2 heterocycles. The van der Waals surface area contributed by atoms with Gasteiger partial charge in [0.2, 0.25) is 0 Å². The van der Waals surface area contributed by atoms with Gasteiger partial charge in [0.05, 0.1) is 25.2 Å². The Kier molecular flexibility index (Phi) is 9.91. The summed E-state index contributed by atoms with van der Waals surface area (Å²) in [5, 5.41) is 0. The third kappa shape index (κ3) is 9.86. The molecule has 1 unspecified atom stereocenters. The number of carbonyl (C=O) groups is 3. The summed E-state index contributed by atoms with van der Waals surface area (Å²) in [6.07, 6.45) is 0.361. The van der Waals surface area contributed by atoms with E-state index in [0.717, 1.165) is 5.56 Å². The Bertz CT molecular complexity index is 1100. The second kappa shape index (κ2) is 12.9. The molecular weight excluding hydrogens is 502 g/mol. The third-order valence-corrected chi connectivity index (χ3v) is 5.61. The summed E-state index contributed by atoms with van der Waals surface area (Å²) in [6, 6.07) is 14.1. The van der Waals surface area contributed by atoms with E-state index in [-0.39, 0.29) is 26.3 Å². The molecule has 39 heavy (non-hydrogen) atoms. The van der Waals surface area contributed by atoms with E-state index in [9.17, 15) is 14.4 Å². The summed E-state index contributed by atoms with van der Waals surface area (Å²) in [7, 11) is 0. The van der Waals surface area contributed by atoms with Crippen LogP contribution in [-0.2, 0) is 30.3 Å². The minimum absolute atomic E-state index is 0.0959. The van der Waals surface area contributed by atoms with Gasteiger partial charge in [0.1, 0.15) is 30.2 Å². The molecule has 10 nitrogen and oxygen atoms in total. The lowest BCUT2D eigenvalue weighted by molar-refractivity contribution is -0.162. The van der Waals surface area contributed by atoms with Gasteiger partial charge in [0, 0.05) is 6.20 Å². The number of likely N-dealkylation sites (tertiary alicyclic amines) is 1. The number of hydrogen-bond acceptors (Lipinski definition) is 8. The molecule has 1 fully saturated rings. The predicted molar refractivity (Wildman–Crippen MR) is 145 cm³/mol. The fourth-order valence-electron chi connectivity index (χ4n) is 4.05. The minimum atomic E-state index is -0.729. The van der Waals surface area contributed by atoms with Crippen LogP contribution in [0.5, 0.6) is 0 Å². The average molecular weight is 542 g/mol. The van der Waals surface area contributed by atoms with Gasteiger partial charge < -0.3 is 23.8 Å². The van der Waals surface area contributed by atoms with Crippen molar-refractivity contribution < 1.29 is 33.3 Å². The standard InChI is InChI=1S/C29H39N3O7/c1-28(2,3)38-25(33)20-36-23-16-22(31(18-23)26(34)37-19-21-12-8-7-9-13-21)17-32(24-14-10-11-15-30-24)27(35)39-29(4,5)6/h7-15,22-23H,16-20H2,1-6H3/t22-,23?/m1/s1. The zero-order chi connectivity index (χ0) is 28.6. The molecule has 1 aromatic carbocycles. The van der Waals surface area contributed by atoms with Crippen LogP contribution in [0.15, 0.2) is 54.7 Å². The van der Waals surface area contributed by atoms with Gasteiger partial charge in [0.25, 0.3) is 0 Å². The first-order valence-corrected chi connectivity index (χ1v) is 13.0. The molecule has 2 amide bonds. The van der Waals surface area contributed by atoms with E-state index in [1.54, 1.807) is 65.9 Å². The highest BCUT2D eigenvalue weighted by atomic mass is 16.6. The molecule has 2 atom stereocenters. The zero-order valence-electron chi connectivity index (χ0n) is 23.6. The second-order valence-corrected chi connectivity index (χ2v) is 11.4. The summed E-state index contributed by atoms with van der Waals surface area (Å²) in [5.74, 6) is -0.101. The molecule has 1 aliphatic rings. The summed E-state index contributed by atoms with van der Waals surface area (Å²) < 4.78 is 22.4. The van der Waals surface area contributed by atoms with E-state index < -0.39 is 41.5 Å². The summed E-state index contributed by atoms with van der Waals surface area (Å²) >= 11 is 0. The Hall–Kier alpha value is -3.66. The molecule has 0 N–H and O–H groups in total. The van der Waals surface area contributed by atoms with Crippen LogP contribution < -0.4 is 4.90 Å². The van der Waals surface area contributed by atoms with Crippen molar-refractivity contribution in [1.29, 1.82) is 0 Å². The predicted octanol–water partition coefficient (Wildman–Crippen LogP) is 4.96. The van der Waals surface area contributed by atoms with Crippen LogP contribution in [0.3, 0.4) is 0 Å². The van der Waals surface area contributed by atoms with E-state index in [2.05, 4.69) is 4.98 Å². The highest BCUT2D eigenvalue weighted by molar-refractivity contribution is 5.87. The number of benzene rings is 1. The number of nitrogens with zero attached hydrogens (tertiary/aromatic N) is 3. The van der Waals surface area contributed by atoms with Crippen molar-refractivity contribution >= 4 is 24.0 Å². The first-order chi connectivity index (χ1) is 18.3. The maximum Gasteiger partial charge on any atom is 0.416 e. The van der Waals surface area contributed by atoms with E-state index in [1.807, 2.05) is 30.3 Å². The molecule has 0 aliphatic carbocycles. The number of aromatic nitrogens is 1. The van der Waals surface area contributed by atoms with E-state index in [4.69, 9.17) is 18.9 Å². The van der Waals surface area contributed by atoms with Crippen molar-refractivity contribution in [2.75, 3.05) is 24.6 Å². The first kappa shape index (κ1) is 29.9. The Morgan fingerprint density at radius 3 is 2.23 bits per heavy atom. The molecule has 1 aromatic heterocycles. The van der Waals surface area contributed by atoms with Crippen LogP contribution in [0.2, 0.25) is 0 Å². The largest absolute Gasteiger partial charge is 0.458 e. The number of hydrogen-bond donors (Lipinski definition) is 0. The number of esters is 1. The van der Waals surface area contributed by atoms with Crippen molar-refractivity contribution in [2.45, 2.75) is 77.9 Å². The van der Waals surface area contributed by atoms with Gasteiger partial charge in [-0.05, 0) is 65.7 Å². The number of amides is 2. The zero-order valence-corrected chi connectivity index (χ0v) is 23.6. The van der Waals surface area contributed by atoms with E-state index in [1.165, 1.54) is 9.80 Å². The lowest BCUT2D eigenvalue weighted by Gasteiger charge is -2.31. The van der Waals surface area contributed by atoms with Crippen LogP contribution in [0.1, 0.15) is 53.5 Å². The lowest BCUT2D eigenvalue weighted by Crippen LogP contribution is -2.47. The van der Waals surface area contributed by atoms with E-state index in [0.29, 0.717) is 12.2 Å². The smallest absolute Gasteiger partial charge is 0.416 e. The van der Waals surface area contributed by atoms with Gasteiger partial charge in [-0.25, -0.2) is 19.4 Å². The molecule has 0 bridgehead atoms. The lowest BCUT2D eigenvalue weighted by atomic mass is 10.2. The monoisotopic (exact) mass is 541 g/mol. The van der Waals surface area contributed by atoms with Crippen molar-refractivity contribution in [3.63, 3.8) is 0 Å². The number of rotatable bonds is 8. The van der Waals surface area contributed by atoms with Gasteiger partial charge in [-0.3, -0.25) is 4.90 Å². The highest BCUT2D eigenvalue weighted by Crippen LogP contribution is 2.26. The van der Waals surface area contributed by atoms with Crippen LogP contribution in [-0.4, -0.2) is 71.1 Å². The molecule has 10 heteroatoms. The van der Waals surface area contributed by atoms with Gasteiger partial charge in [0.15, 0.2) is 0 Å². The number of ether oxygens (including phenoxy) is 4. The number of pyridine rings is 1. The Morgan fingerprint density at radius 1 is 0.949 bits per heavy atom. The Labute approximate surface area is 230 Å². The molecule has 1 aliphatic heterocycles. The maximum atomic E-state index is 13.2. The molecule has 2 aromatic rings. The fraction of sp³-hybridized carbons (Fsp3) is 0.517. The van der Waals surface area contributed by atoms with Crippen LogP contribution in [0.25, 0.3) is 0 Å². The minimum Gasteiger partial charge on any atom is -0.458 e. The number of carbonyl (C=O) groups excluding carboxylic acids is 3. The van der Waals surface area contributed by atoms with Gasteiger partial charge in [-0.2, -0.15) is 0 Å². The van der Waals surface area contributed by atoms with Crippen molar-refractivity contribution in [1.82, 2.24) is 9.88 Å². The molecule has 0 saturated carbocycles. The summed E-state index contributed by atoms with van der Waals surface area (Å²) in [5.41, 5.74) is -0.515. The molecular formula is C29H39N3O7. The Balaban J connectivity index is 1.77. The molecule has 1 saturated heterocycles. The molecule has 0 radical (unpaired) electrons. The van der Waals surface area contributed by atoms with Gasteiger partial charge in [-0.15, -0.1) is 0 Å². The Morgan fingerprint density at radius 2 is 1.62 bits per heavy atom. The van der Waals surface area contributed by atoms with Crippen molar-refractivity contribution in [3.8, 4) is 0 Å². The van der Waals surface area contributed by atoms with Crippen LogP contribution in [0, 0.1) is 0 Å². The van der Waals surface area contributed by atoms with Crippen LogP contribution >= 0.6 is 0 Å². The SMILES string of the molecule is CC(C)(C)OC(=O)COC1C[C@H](CN(C(=O)OC(C)(C)C)c2ccccn2)N(C(=O)OCc2ccccc2)C1. The fourth-order valence-corrected chi connectivity index (χ4v) is 4.05. The van der Waals surface area contributed by atoms with E-state index >= 15 is 0 Å².